The molecule has 0 bridgehead atoms. The van der Waals surface area contributed by atoms with Crippen LogP contribution in [0, 0.1) is 0 Å². The van der Waals surface area contributed by atoms with Crippen LogP contribution in [0.1, 0.15) is 61.0 Å². The maximum atomic E-state index is 14.3. The van der Waals surface area contributed by atoms with Crippen LogP contribution in [0.15, 0.2) is 67.0 Å². The van der Waals surface area contributed by atoms with Crippen molar-refractivity contribution < 1.29 is 37.3 Å². The highest BCUT2D eigenvalue weighted by Crippen LogP contribution is 2.47. The fourth-order valence-corrected chi connectivity index (χ4v) is 6.13. The number of carbonyl (C=O) groups is 1. The number of esters is 1. The van der Waals surface area contributed by atoms with E-state index in [1.807, 2.05) is 12.1 Å². The van der Waals surface area contributed by atoms with Gasteiger partial charge in [-0.2, -0.15) is 18.3 Å². The lowest BCUT2D eigenvalue weighted by Crippen LogP contribution is -2.26. The molecule has 3 aromatic carbocycles. The number of alkyl halides is 3. The summed E-state index contributed by atoms with van der Waals surface area (Å²) in [6, 6.07) is 15.1. The summed E-state index contributed by atoms with van der Waals surface area (Å²) in [5, 5.41) is 14.4. The highest BCUT2D eigenvalue weighted by molar-refractivity contribution is 5.77. The summed E-state index contributed by atoms with van der Waals surface area (Å²) in [4.78, 5) is 11.7. The Morgan fingerprint density at radius 1 is 1.05 bits per heavy atom. The maximum absolute atomic E-state index is 14.3. The number of nitrogens with zero attached hydrogens (tertiary/aromatic N) is 2. The maximum Gasteiger partial charge on any atom is 0.417 e. The van der Waals surface area contributed by atoms with Crippen LogP contribution in [-0.4, -0.2) is 40.2 Å². The summed E-state index contributed by atoms with van der Waals surface area (Å²) in [5.74, 6) is 0.776. The minimum Gasteiger partial charge on any atom is -0.492 e. The lowest BCUT2D eigenvalue weighted by molar-refractivity contribution is -0.141. The molecular weight excluding hydrogens is 573 g/mol. The topological polar surface area (TPSA) is 82.8 Å². The molecule has 0 spiro atoms. The number of halogens is 3. The fraction of sp³-hybridized carbons (Fsp3) is 0.353. The first-order valence-electron chi connectivity index (χ1n) is 14.5. The van der Waals surface area contributed by atoms with Gasteiger partial charge in [0.2, 0.25) is 0 Å². The number of ether oxygens (including phenoxy) is 3. The normalized spacial score (nSPS) is 17.6. The predicted octanol–water partition coefficient (Wildman–Crippen LogP) is 7.11. The number of aliphatic hydroxyl groups is 1. The van der Waals surface area contributed by atoms with Crippen molar-refractivity contribution in [2.24, 2.45) is 0 Å². The minimum atomic E-state index is -4.53. The monoisotopic (exact) mass is 606 g/mol. The third-order valence-corrected chi connectivity index (χ3v) is 8.13. The van der Waals surface area contributed by atoms with E-state index >= 15 is 0 Å². The first-order valence-corrected chi connectivity index (χ1v) is 14.5. The Bertz CT molecular complexity index is 1690. The van der Waals surface area contributed by atoms with Crippen molar-refractivity contribution in [3.05, 3.63) is 89.2 Å². The highest BCUT2D eigenvalue weighted by Gasteiger charge is 2.38. The van der Waals surface area contributed by atoms with Crippen LogP contribution in [-0.2, 0) is 28.7 Å². The van der Waals surface area contributed by atoms with Gasteiger partial charge in [0.25, 0.3) is 0 Å². The van der Waals surface area contributed by atoms with Crippen LogP contribution in [0.3, 0.4) is 0 Å². The van der Waals surface area contributed by atoms with E-state index < -0.39 is 23.4 Å². The van der Waals surface area contributed by atoms with Crippen LogP contribution in [0.5, 0.6) is 11.5 Å². The Balaban J connectivity index is 1.27. The molecule has 1 aliphatic carbocycles. The van der Waals surface area contributed by atoms with E-state index in [4.69, 9.17) is 14.2 Å². The zero-order chi connectivity index (χ0) is 31.2. The second-order valence-electron chi connectivity index (χ2n) is 12.0. The Kier molecular flexibility index (Phi) is 7.65. The molecule has 230 valence electrons. The number of fused-ring (bicyclic) bond motifs is 2. The van der Waals surface area contributed by atoms with Gasteiger partial charge >= 0.3 is 12.1 Å². The molecule has 1 unspecified atom stereocenters. The molecule has 0 fully saturated rings. The minimum absolute atomic E-state index is 0.0997. The van der Waals surface area contributed by atoms with Crippen LogP contribution < -0.4 is 9.47 Å². The number of rotatable bonds is 8. The molecule has 1 aliphatic heterocycles. The molecule has 0 saturated carbocycles. The van der Waals surface area contributed by atoms with E-state index in [1.54, 1.807) is 61.3 Å². The fourth-order valence-electron chi connectivity index (χ4n) is 6.13. The predicted molar refractivity (Wildman–Crippen MR) is 157 cm³/mol. The van der Waals surface area contributed by atoms with E-state index in [-0.39, 0.29) is 23.9 Å². The SMILES string of the molecule is COC(=O)CC1COc2cc(O[C@@H]3CCc4c3ccc(C(F)(F)F)c4-c3ccc(-c4cnn(CC(C)(C)O)c4)cc3)ccc21. The van der Waals surface area contributed by atoms with Gasteiger partial charge in [0.05, 0.1) is 44.0 Å². The molecule has 1 N–H and O–H groups in total. The number of aromatic nitrogens is 2. The average Bonchev–Trinajstić information content (AvgIpc) is 3.70. The van der Waals surface area contributed by atoms with E-state index in [9.17, 15) is 23.1 Å². The van der Waals surface area contributed by atoms with Gasteiger partial charge in [-0.1, -0.05) is 36.4 Å². The lowest BCUT2D eigenvalue weighted by atomic mass is 9.90. The lowest BCUT2D eigenvalue weighted by Gasteiger charge is -2.20. The average molecular weight is 607 g/mol. The van der Waals surface area contributed by atoms with Crippen molar-refractivity contribution in [3.8, 4) is 33.8 Å². The van der Waals surface area contributed by atoms with Gasteiger partial charge in [0, 0.05) is 29.3 Å². The van der Waals surface area contributed by atoms with Gasteiger partial charge in [-0.25, -0.2) is 0 Å². The molecule has 0 amide bonds. The molecule has 2 atom stereocenters. The van der Waals surface area contributed by atoms with Gasteiger partial charge in [-0.3, -0.25) is 9.48 Å². The molecule has 10 heteroatoms. The Hall–Kier alpha value is -4.31. The molecule has 6 rings (SSSR count). The molecule has 2 heterocycles. The first kappa shape index (κ1) is 29.7. The molecular formula is C34H33F3N2O5. The van der Waals surface area contributed by atoms with Gasteiger partial charge in [-0.05, 0) is 66.6 Å². The van der Waals surface area contributed by atoms with Crippen LogP contribution in [0.4, 0.5) is 13.2 Å². The second-order valence-corrected chi connectivity index (χ2v) is 12.0. The third kappa shape index (κ3) is 6.04. The molecule has 2 aliphatic rings. The van der Waals surface area contributed by atoms with Crippen molar-refractivity contribution >= 4 is 5.97 Å². The van der Waals surface area contributed by atoms with Crippen molar-refractivity contribution in [2.75, 3.05) is 13.7 Å². The molecule has 4 aromatic rings. The summed E-state index contributed by atoms with van der Waals surface area (Å²) in [5.41, 5.74) is 2.92. The third-order valence-electron chi connectivity index (χ3n) is 8.13. The Morgan fingerprint density at radius 2 is 1.77 bits per heavy atom. The van der Waals surface area contributed by atoms with Crippen molar-refractivity contribution in [1.29, 1.82) is 0 Å². The van der Waals surface area contributed by atoms with Crippen molar-refractivity contribution in [1.82, 2.24) is 9.78 Å². The van der Waals surface area contributed by atoms with E-state index in [0.717, 1.165) is 28.3 Å². The van der Waals surface area contributed by atoms with Crippen LogP contribution in [0.25, 0.3) is 22.3 Å². The van der Waals surface area contributed by atoms with Crippen molar-refractivity contribution in [3.63, 3.8) is 0 Å². The summed E-state index contributed by atoms with van der Waals surface area (Å²) in [6.45, 7) is 4.07. The number of hydrogen-bond acceptors (Lipinski definition) is 6. The number of hydrogen-bond donors (Lipinski definition) is 1. The summed E-state index contributed by atoms with van der Waals surface area (Å²) in [6.07, 6.45) is -0.280. The molecule has 0 radical (unpaired) electrons. The summed E-state index contributed by atoms with van der Waals surface area (Å²) < 4.78 is 61.4. The van der Waals surface area contributed by atoms with E-state index in [0.29, 0.717) is 48.6 Å². The molecule has 7 nitrogen and oxygen atoms in total. The standard InChI is InChI=1S/C34H33F3N2O5/c1-33(2,41)19-39-17-23(16-38-39)20-4-6-21(7-5-20)32-27-11-13-29(26(27)10-12-28(32)34(35,36)37)44-24-8-9-25-22(14-31(40)42-3)18-43-30(25)15-24/h4-10,12,15-17,22,29,41H,11,13-14,18-19H2,1-3H3/t22?,29-/m1/s1. The van der Waals surface area contributed by atoms with Crippen molar-refractivity contribution in [2.45, 2.75) is 63.5 Å². The number of carbonyl (C=O) groups excluding carboxylic acids is 1. The molecule has 44 heavy (non-hydrogen) atoms. The molecule has 0 saturated heterocycles. The molecule has 1 aromatic heterocycles. The summed E-state index contributed by atoms with van der Waals surface area (Å²) >= 11 is 0. The van der Waals surface area contributed by atoms with Gasteiger partial charge < -0.3 is 19.3 Å². The highest BCUT2D eigenvalue weighted by atomic mass is 19.4. The second kappa shape index (κ2) is 11.3. The largest absolute Gasteiger partial charge is 0.492 e. The smallest absolute Gasteiger partial charge is 0.417 e. The Morgan fingerprint density at radius 3 is 2.48 bits per heavy atom. The van der Waals surface area contributed by atoms with E-state index in [2.05, 4.69) is 5.10 Å². The number of benzene rings is 3. The van der Waals surface area contributed by atoms with Gasteiger partial charge in [0.15, 0.2) is 0 Å². The quantitative estimate of drug-likeness (QED) is 0.215. The zero-order valence-corrected chi connectivity index (χ0v) is 24.6. The van der Waals surface area contributed by atoms with E-state index in [1.165, 1.54) is 13.2 Å². The Labute approximate surface area is 253 Å². The first-order chi connectivity index (χ1) is 20.9. The number of methoxy groups -OCH3 is 1. The van der Waals surface area contributed by atoms with Crippen LogP contribution >= 0.6 is 0 Å². The van der Waals surface area contributed by atoms with Gasteiger partial charge in [0.1, 0.15) is 17.6 Å². The van der Waals surface area contributed by atoms with Gasteiger partial charge in [-0.15, -0.1) is 0 Å². The zero-order valence-electron chi connectivity index (χ0n) is 24.6. The summed E-state index contributed by atoms with van der Waals surface area (Å²) in [7, 11) is 1.35. The van der Waals surface area contributed by atoms with Crippen LogP contribution in [0.2, 0.25) is 0 Å².